The molecular weight excluding hydrogens is 250 g/mol. The van der Waals surface area contributed by atoms with Crippen molar-refractivity contribution in [2.45, 2.75) is 50.2 Å². The van der Waals surface area contributed by atoms with Gasteiger partial charge in [0.25, 0.3) is 0 Å². The molecule has 1 heterocycles. The Morgan fingerprint density at radius 1 is 1.44 bits per heavy atom. The Labute approximate surface area is 113 Å². The van der Waals surface area contributed by atoms with Gasteiger partial charge in [0.1, 0.15) is 0 Å². The molecule has 0 aliphatic heterocycles. The van der Waals surface area contributed by atoms with Crippen LogP contribution in [-0.2, 0) is 11.2 Å². The van der Waals surface area contributed by atoms with Crippen molar-refractivity contribution in [3.8, 4) is 0 Å². The van der Waals surface area contributed by atoms with E-state index in [1.165, 1.54) is 6.42 Å². The second kappa shape index (κ2) is 6.00. The SMILES string of the molecule is COC1(C(O)Cc2ccncc2Cl)CCCCC1. The average molecular weight is 270 g/mol. The minimum atomic E-state index is -0.511. The summed E-state index contributed by atoms with van der Waals surface area (Å²) in [4.78, 5) is 3.96. The van der Waals surface area contributed by atoms with Crippen molar-refractivity contribution >= 4 is 11.6 Å². The van der Waals surface area contributed by atoms with E-state index in [4.69, 9.17) is 16.3 Å². The highest BCUT2D eigenvalue weighted by atomic mass is 35.5. The Balaban J connectivity index is 2.10. The zero-order chi connectivity index (χ0) is 13.0. The van der Waals surface area contributed by atoms with Crippen LogP contribution in [0.5, 0.6) is 0 Å². The summed E-state index contributed by atoms with van der Waals surface area (Å²) in [5.74, 6) is 0. The Morgan fingerprint density at radius 2 is 2.17 bits per heavy atom. The highest BCUT2D eigenvalue weighted by Gasteiger charge is 2.39. The molecule has 1 aliphatic rings. The molecule has 100 valence electrons. The molecule has 0 aromatic carbocycles. The van der Waals surface area contributed by atoms with Gasteiger partial charge in [-0.15, -0.1) is 0 Å². The standard InChI is InChI=1S/C14H20ClNO2/c1-18-14(6-3-2-4-7-14)13(17)9-11-5-8-16-10-12(11)15/h5,8,10,13,17H,2-4,6-7,9H2,1H3. The Kier molecular flexibility index (Phi) is 4.60. The number of nitrogens with zero attached hydrogens (tertiary/aromatic N) is 1. The van der Waals surface area contributed by atoms with Gasteiger partial charge in [-0.05, 0) is 24.5 Å². The van der Waals surface area contributed by atoms with E-state index < -0.39 is 11.7 Å². The fourth-order valence-corrected chi connectivity index (χ4v) is 2.98. The molecule has 0 spiro atoms. The topological polar surface area (TPSA) is 42.4 Å². The molecule has 1 saturated carbocycles. The number of hydrogen-bond acceptors (Lipinski definition) is 3. The largest absolute Gasteiger partial charge is 0.390 e. The number of aliphatic hydroxyl groups excluding tert-OH is 1. The summed E-state index contributed by atoms with van der Waals surface area (Å²) in [7, 11) is 1.70. The molecule has 0 amide bonds. The van der Waals surface area contributed by atoms with E-state index in [1.807, 2.05) is 6.07 Å². The molecule has 18 heavy (non-hydrogen) atoms. The zero-order valence-electron chi connectivity index (χ0n) is 10.7. The van der Waals surface area contributed by atoms with Crippen molar-refractivity contribution < 1.29 is 9.84 Å². The summed E-state index contributed by atoms with van der Waals surface area (Å²) in [6.07, 6.45) is 8.65. The van der Waals surface area contributed by atoms with Crippen LogP contribution in [0.1, 0.15) is 37.7 Å². The van der Waals surface area contributed by atoms with E-state index in [2.05, 4.69) is 4.98 Å². The van der Waals surface area contributed by atoms with Crippen molar-refractivity contribution in [1.29, 1.82) is 0 Å². The molecule has 1 unspecified atom stereocenters. The fourth-order valence-electron chi connectivity index (χ4n) is 2.79. The van der Waals surface area contributed by atoms with E-state index in [9.17, 15) is 5.11 Å². The lowest BCUT2D eigenvalue weighted by molar-refractivity contribution is -0.122. The van der Waals surface area contributed by atoms with E-state index in [0.717, 1.165) is 31.2 Å². The second-order valence-corrected chi connectivity index (χ2v) is 5.42. The Bertz CT molecular complexity index is 391. The summed E-state index contributed by atoms with van der Waals surface area (Å²) < 4.78 is 5.64. The number of halogens is 1. The van der Waals surface area contributed by atoms with Gasteiger partial charge in [0.15, 0.2) is 0 Å². The van der Waals surface area contributed by atoms with Crippen molar-refractivity contribution in [2.24, 2.45) is 0 Å². The maximum atomic E-state index is 10.5. The number of hydrogen-bond donors (Lipinski definition) is 1. The highest BCUT2D eigenvalue weighted by Crippen LogP contribution is 2.35. The predicted molar refractivity (Wildman–Crippen MR) is 71.8 cm³/mol. The molecule has 1 fully saturated rings. The molecule has 3 nitrogen and oxygen atoms in total. The van der Waals surface area contributed by atoms with Gasteiger partial charge in [-0.25, -0.2) is 0 Å². The quantitative estimate of drug-likeness (QED) is 0.914. The first kappa shape index (κ1) is 13.8. The monoisotopic (exact) mass is 269 g/mol. The molecule has 2 rings (SSSR count). The van der Waals surface area contributed by atoms with Crippen LogP contribution in [-0.4, -0.2) is 28.9 Å². The Hall–Kier alpha value is -0.640. The van der Waals surface area contributed by atoms with Gasteiger partial charge < -0.3 is 9.84 Å². The number of aromatic nitrogens is 1. The number of pyridine rings is 1. The van der Waals surface area contributed by atoms with Gasteiger partial charge in [-0.2, -0.15) is 0 Å². The highest BCUT2D eigenvalue weighted by molar-refractivity contribution is 6.31. The van der Waals surface area contributed by atoms with E-state index in [0.29, 0.717) is 11.4 Å². The van der Waals surface area contributed by atoms with Gasteiger partial charge in [-0.3, -0.25) is 4.98 Å². The van der Waals surface area contributed by atoms with Crippen molar-refractivity contribution in [2.75, 3.05) is 7.11 Å². The van der Waals surface area contributed by atoms with Gasteiger partial charge in [0, 0.05) is 25.9 Å². The molecule has 1 aromatic heterocycles. The first-order chi connectivity index (χ1) is 8.68. The normalized spacial score (nSPS) is 20.6. The first-order valence-corrected chi connectivity index (χ1v) is 6.87. The Morgan fingerprint density at radius 3 is 2.78 bits per heavy atom. The molecule has 4 heteroatoms. The molecular formula is C14H20ClNO2. The van der Waals surface area contributed by atoms with Crippen molar-refractivity contribution in [3.63, 3.8) is 0 Å². The van der Waals surface area contributed by atoms with Crippen LogP contribution in [0.4, 0.5) is 0 Å². The molecule has 0 radical (unpaired) electrons. The van der Waals surface area contributed by atoms with Crippen molar-refractivity contribution in [1.82, 2.24) is 4.98 Å². The van der Waals surface area contributed by atoms with Crippen LogP contribution < -0.4 is 0 Å². The maximum Gasteiger partial charge on any atom is 0.0939 e. The summed E-state index contributed by atoms with van der Waals surface area (Å²) in [6.45, 7) is 0. The van der Waals surface area contributed by atoms with Crippen LogP contribution in [0.2, 0.25) is 5.02 Å². The molecule has 1 atom stereocenters. The smallest absolute Gasteiger partial charge is 0.0939 e. The van der Waals surface area contributed by atoms with Crippen molar-refractivity contribution in [3.05, 3.63) is 29.0 Å². The number of aliphatic hydroxyl groups is 1. The minimum absolute atomic E-state index is 0.398. The number of ether oxygens (including phenoxy) is 1. The van der Waals surface area contributed by atoms with Gasteiger partial charge in [0.05, 0.1) is 16.7 Å². The number of rotatable bonds is 4. The molecule has 1 aliphatic carbocycles. The summed E-state index contributed by atoms with van der Waals surface area (Å²) in [5.41, 5.74) is 0.534. The van der Waals surface area contributed by atoms with E-state index in [-0.39, 0.29) is 0 Å². The van der Waals surface area contributed by atoms with Crippen LogP contribution in [0.15, 0.2) is 18.5 Å². The molecule has 0 saturated heterocycles. The summed E-state index contributed by atoms with van der Waals surface area (Å²) in [6, 6.07) is 1.86. The first-order valence-electron chi connectivity index (χ1n) is 6.49. The minimum Gasteiger partial charge on any atom is -0.390 e. The van der Waals surface area contributed by atoms with Crippen LogP contribution in [0, 0.1) is 0 Å². The average Bonchev–Trinajstić information content (AvgIpc) is 2.42. The van der Waals surface area contributed by atoms with Crippen LogP contribution in [0.3, 0.4) is 0 Å². The third-order valence-corrected chi connectivity index (χ3v) is 4.32. The van der Waals surface area contributed by atoms with E-state index in [1.54, 1.807) is 19.5 Å². The van der Waals surface area contributed by atoms with E-state index >= 15 is 0 Å². The second-order valence-electron chi connectivity index (χ2n) is 5.02. The van der Waals surface area contributed by atoms with Gasteiger partial charge >= 0.3 is 0 Å². The van der Waals surface area contributed by atoms with Crippen LogP contribution in [0.25, 0.3) is 0 Å². The third kappa shape index (κ3) is 2.85. The van der Waals surface area contributed by atoms with Gasteiger partial charge in [0.2, 0.25) is 0 Å². The molecule has 1 aromatic rings. The molecule has 1 N–H and O–H groups in total. The molecule has 0 bridgehead atoms. The summed E-state index contributed by atoms with van der Waals surface area (Å²) in [5, 5.41) is 11.1. The van der Waals surface area contributed by atoms with Gasteiger partial charge in [-0.1, -0.05) is 30.9 Å². The lowest BCUT2D eigenvalue weighted by Crippen LogP contribution is -2.46. The number of methoxy groups -OCH3 is 1. The summed E-state index contributed by atoms with van der Waals surface area (Å²) >= 11 is 6.08. The predicted octanol–water partition coefficient (Wildman–Crippen LogP) is 2.99. The zero-order valence-corrected chi connectivity index (χ0v) is 11.5. The fraction of sp³-hybridized carbons (Fsp3) is 0.643. The third-order valence-electron chi connectivity index (χ3n) is 3.98. The lowest BCUT2D eigenvalue weighted by atomic mass is 9.78. The van der Waals surface area contributed by atoms with Crippen LogP contribution >= 0.6 is 11.6 Å². The lowest BCUT2D eigenvalue weighted by Gasteiger charge is -2.40. The maximum absolute atomic E-state index is 10.5.